The largest absolute Gasteiger partial charge is 0.490 e. The van der Waals surface area contributed by atoms with Gasteiger partial charge < -0.3 is 4.74 Å². The summed E-state index contributed by atoms with van der Waals surface area (Å²) in [7, 11) is 0. The topological polar surface area (TPSA) is 30.5 Å². The summed E-state index contributed by atoms with van der Waals surface area (Å²) in [6.45, 7) is 4.90. The highest BCUT2D eigenvalue weighted by Crippen LogP contribution is 2.20. The molecule has 0 aliphatic heterocycles. The Labute approximate surface area is 109 Å². The van der Waals surface area contributed by atoms with E-state index in [4.69, 9.17) is 9.57 Å². The maximum Gasteiger partial charge on any atom is 0.119 e. The molecule has 1 fully saturated rings. The van der Waals surface area contributed by atoms with Gasteiger partial charge in [-0.15, -0.1) is 0 Å². The van der Waals surface area contributed by atoms with Crippen LogP contribution in [0, 0.1) is 0 Å². The minimum absolute atomic E-state index is 0.403. The Morgan fingerprint density at radius 1 is 1.22 bits per heavy atom. The summed E-state index contributed by atoms with van der Waals surface area (Å²) in [5.41, 5.74) is 4.24. The van der Waals surface area contributed by atoms with Gasteiger partial charge in [0, 0.05) is 6.54 Å². The van der Waals surface area contributed by atoms with Gasteiger partial charge in [0.05, 0.1) is 6.10 Å². The van der Waals surface area contributed by atoms with E-state index in [-0.39, 0.29) is 0 Å². The molecule has 18 heavy (non-hydrogen) atoms. The quantitative estimate of drug-likeness (QED) is 0.593. The molecule has 0 aromatic heterocycles. The summed E-state index contributed by atoms with van der Waals surface area (Å²) in [5.74, 6) is 0.871. The average molecular weight is 247 g/mol. The second-order valence-corrected chi connectivity index (χ2v) is 4.59. The van der Waals surface area contributed by atoms with Gasteiger partial charge in [-0.05, 0) is 30.5 Å². The zero-order valence-corrected chi connectivity index (χ0v) is 10.7. The third kappa shape index (κ3) is 4.17. The molecular weight excluding hydrogens is 226 g/mol. The predicted molar refractivity (Wildman–Crippen MR) is 72.3 cm³/mol. The van der Waals surface area contributed by atoms with Crippen molar-refractivity contribution in [1.29, 1.82) is 0 Å². The SMILES string of the molecule is C=CCOc1ccc(CNOC2CCCC2)cc1. The molecule has 1 aliphatic carbocycles. The summed E-state index contributed by atoms with van der Waals surface area (Å²) in [5, 5.41) is 0. The molecular formula is C15H21NO2. The van der Waals surface area contributed by atoms with Crippen molar-refractivity contribution in [2.75, 3.05) is 6.61 Å². The smallest absolute Gasteiger partial charge is 0.119 e. The number of hydroxylamine groups is 1. The van der Waals surface area contributed by atoms with Gasteiger partial charge in [0.15, 0.2) is 0 Å². The number of rotatable bonds is 7. The minimum atomic E-state index is 0.403. The van der Waals surface area contributed by atoms with Gasteiger partial charge in [-0.1, -0.05) is 37.6 Å². The van der Waals surface area contributed by atoms with Crippen LogP contribution in [0.1, 0.15) is 31.2 Å². The van der Waals surface area contributed by atoms with E-state index in [0.717, 1.165) is 12.3 Å². The maximum absolute atomic E-state index is 5.61. The molecule has 1 saturated carbocycles. The predicted octanol–water partition coefficient (Wildman–Crippen LogP) is 3.22. The molecule has 3 nitrogen and oxygen atoms in total. The number of benzene rings is 1. The van der Waals surface area contributed by atoms with Gasteiger partial charge in [0.2, 0.25) is 0 Å². The van der Waals surface area contributed by atoms with E-state index in [1.807, 2.05) is 24.3 Å². The van der Waals surface area contributed by atoms with Gasteiger partial charge in [-0.3, -0.25) is 4.84 Å². The van der Waals surface area contributed by atoms with E-state index in [1.165, 1.54) is 31.2 Å². The fourth-order valence-corrected chi connectivity index (χ4v) is 2.11. The first kappa shape index (κ1) is 13.1. The van der Waals surface area contributed by atoms with Crippen LogP contribution in [0.3, 0.4) is 0 Å². The highest BCUT2D eigenvalue weighted by molar-refractivity contribution is 5.27. The van der Waals surface area contributed by atoms with Crippen molar-refractivity contribution in [1.82, 2.24) is 5.48 Å². The van der Waals surface area contributed by atoms with Gasteiger partial charge in [0.1, 0.15) is 12.4 Å². The van der Waals surface area contributed by atoms with E-state index < -0.39 is 0 Å². The molecule has 0 heterocycles. The second kappa shape index (κ2) is 7.19. The van der Waals surface area contributed by atoms with Crippen LogP contribution in [-0.2, 0) is 11.4 Å². The van der Waals surface area contributed by atoms with E-state index in [0.29, 0.717) is 12.7 Å². The number of hydrogen-bond donors (Lipinski definition) is 1. The third-order valence-electron chi connectivity index (χ3n) is 3.12. The number of hydrogen-bond acceptors (Lipinski definition) is 3. The fraction of sp³-hybridized carbons (Fsp3) is 0.467. The Kier molecular flexibility index (Phi) is 5.24. The molecule has 0 atom stereocenters. The summed E-state index contributed by atoms with van der Waals surface area (Å²) >= 11 is 0. The van der Waals surface area contributed by atoms with Crippen LogP contribution in [0.15, 0.2) is 36.9 Å². The molecule has 1 aromatic rings. The minimum Gasteiger partial charge on any atom is -0.490 e. The zero-order chi connectivity index (χ0) is 12.6. The van der Waals surface area contributed by atoms with E-state index in [1.54, 1.807) is 6.08 Å². The first-order valence-electron chi connectivity index (χ1n) is 6.59. The highest BCUT2D eigenvalue weighted by Gasteiger charge is 2.15. The van der Waals surface area contributed by atoms with Crippen molar-refractivity contribution in [2.45, 2.75) is 38.3 Å². The standard InChI is InChI=1S/C15H21NO2/c1-2-11-17-14-9-7-13(8-10-14)12-16-18-15-5-3-4-6-15/h2,7-10,15-16H,1,3-6,11-12H2. The van der Waals surface area contributed by atoms with Crippen LogP contribution in [0.25, 0.3) is 0 Å². The van der Waals surface area contributed by atoms with Crippen molar-refractivity contribution in [3.8, 4) is 5.75 Å². The van der Waals surface area contributed by atoms with Crippen LogP contribution in [0.2, 0.25) is 0 Å². The summed E-state index contributed by atoms with van der Waals surface area (Å²) in [6, 6.07) is 8.03. The fourth-order valence-electron chi connectivity index (χ4n) is 2.11. The van der Waals surface area contributed by atoms with Gasteiger partial charge in [0.25, 0.3) is 0 Å². The molecule has 0 radical (unpaired) electrons. The first-order chi connectivity index (χ1) is 8.88. The molecule has 0 saturated heterocycles. The lowest BCUT2D eigenvalue weighted by molar-refractivity contribution is -0.0244. The molecule has 2 rings (SSSR count). The zero-order valence-electron chi connectivity index (χ0n) is 10.7. The van der Waals surface area contributed by atoms with Gasteiger partial charge >= 0.3 is 0 Å². The Hall–Kier alpha value is -1.32. The lowest BCUT2D eigenvalue weighted by atomic mass is 10.2. The normalized spacial score (nSPS) is 15.8. The van der Waals surface area contributed by atoms with E-state index in [9.17, 15) is 0 Å². The Morgan fingerprint density at radius 3 is 2.61 bits per heavy atom. The van der Waals surface area contributed by atoms with Crippen molar-refractivity contribution >= 4 is 0 Å². The molecule has 98 valence electrons. The summed E-state index contributed by atoms with van der Waals surface area (Å²) < 4.78 is 5.43. The Bertz CT molecular complexity index is 355. The lowest BCUT2D eigenvalue weighted by Crippen LogP contribution is -2.21. The Morgan fingerprint density at radius 2 is 1.94 bits per heavy atom. The second-order valence-electron chi connectivity index (χ2n) is 4.59. The molecule has 1 aromatic carbocycles. The number of nitrogens with one attached hydrogen (secondary N) is 1. The van der Waals surface area contributed by atoms with E-state index in [2.05, 4.69) is 12.1 Å². The first-order valence-corrected chi connectivity index (χ1v) is 6.59. The molecule has 1 aliphatic rings. The monoisotopic (exact) mass is 247 g/mol. The molecule has 1 N–H and O–H groups in total. The van der Waals surface area contributed by atoms with Crippen molar-refractivity contribution in [3.05, 3.63) is 42.5 Å². The maximum atomic E-state index is 5.61. The van der Waals surface area contributed by atoms with E-state index >= 15 is 0 Å². The molecule has 0 bridgehead atoms. The molecule has 0 spiro atoms. The van der Waals surface area contributed by atoms with Crippen molar-refractivity contribution in [3.63, 3.8) is 0 Å². The third-order valence-corrected chi connectivity index (χ3v) is 3.12. The van der Waals surface area contributed by atoms with Crippen LogP contribution in [0.5, 0.6) is 5.75 Å². The molecule has 3 heteroatoms. The Balaban J connectivity index is 1.70. The summed E-state index contributed by atoms with van der Waals surface area (Å²) in [4.78, 5) is 5.61. The molecule has 0 amide bonds. The van der Waals surface area contributed by atoms with Crippen LogP contribution in [0.4, 0.5) is 0 Å². The van der Waals surface area contributed by atoms with Crippen LogP contribution < -0.4 is 10.2 Å². The average Bonchev–Trinajstić information content (AvgIpc) is 2.91. The highest BCUT2D eigenvalue weighted by atomic mass is 16.7. The van der Waals surface area contributed by atoms with Gasteiger partial charge in [-0.25, -0.2) is 0 Å². The van der Waals surface area contributed by atoms with Crippen LogP contribution >= 0.6 is 0 Å². The summed E-state index contributed by atoms with van der Waals surface area (Å²) in [6.07, 6.45) is 7.09. The number of ether oxygens (including phenoxy) is 1. The lowest BCUT2D eigenvalue weighted by Gasteiger charge is -2.11. The molecule has 0 unspecified atom stereocenters. The van der Waals surface area contributed by atoms with Gasteiger partial charge in [-0.2, -0.15) is 5.48 Å². The van der Waals surface area contributed by atoms with Crippen molar-refractivity contribution < 1.29 is 9.57 Å². The van der Waals surface area contributed by atoms with Crippen LogP contribution in [-0.4, -0.2) is 12.7 Å². The van der Waals surface area contributed by atoms with Crippen molar-refractivity contribution in [2.24, 2.45) is 0 Å².